The molecule has 1 heterocycles. The number of hydrogen-bond donors (Lipinski definition) is 1. The monoisotopic (exact) mass is 253 g/mol. The highest BCUT2D eigenvalue weighted by Crippen LogP contribution is 2.24. The number of nitrogens with zero attached hydrogens (tertiary/aromatic N) is 3. The van der Waals surface area contributed by atoms with E-state index in [1.807, 2.05) is 45.0 Å². The molecule has 19 heavy (non-hydrogen) atoms. The van der Waals surface area contributed by atoms with Crippen molar-refractivity contribution in [1.82, 2.24) is 15.0 Å². The van der Waals surface area contributed by atoms with E-state index in [2.05, 4.69) is 10.2 Å². The van der Waals surface area contributed by atoms with Crippen LogP contribution in [0.4, 0.5) is 0 Å². The fourth-order valence-electron chi connectivity index (χ4n) is 2.13. The third-order valence-electron chi connectivity index (χ3n) is 3.27. The van der Waals surface area contributed by atoms with Crippen LogP contribution in [-0.2, 0) is 0 Å². The first-order chi connectivity index (χ1) is 9.04. The SMILES string of the molecule is Cc1ccc2nn(-c3cc(C)c(O)cc3C)nc2c1. The minimum Gasteiger partial charge on any atom is -0.508 e. The van der Waals surface area contributed by atoms with Crippen molar-refractivity contribution in [3.8, 4) is 11.4 Å². The van der Waals surface area contributed by atoms with Crippen molar-refractivity contribution in [2.24, 2.45) is 0 Å². The first kappa shape index (κ1) is 11.7. The van der Waals surface area contributed by atoms with E-state index in [1.165, 1.54) is 0 Å². The van der Waals surface area contributed by atoms with Crippen molar-refractivity contribution in [3.05, 3.63) is 47.0 Å². The smallest absolute Gasteiger partial charge is 0.118 e. The summed E-state index contributed by atoms with van der Waals surface area (Å²) >= 11 is 0. The average molecular weight is 253 g/mol. The van der Waals surface area contributed by atoms with Crippen LogP contribution in [0.5, 0.6) is 5.75 Å². The van der Waals surface area contributed by atoms with Crippen LogP contribution in [0.2, 0.25) is 0 Å². The number of rotatable bonds is 1. The fourth-order valence-corrected chi connectivity index (χ4v) is 2.13. The lowest BCUT2D eigenvalue weighted by atomic mass is 10.1. The second-order valence-electron chi connectivity index (χ2n) is 4.91. The Labute approximate surface area is 111 Å². The quantitative estimate of drug-likeness (QED) is 0.725. The van der Waals surface area contributed by atoms with Gasteiger partial charge in [-0.25, -0.2) is 0 Å². The molecule has 1 N–H and O–H groups in total. The van der Waals surface area contributed by atoms with Gasteiger partial charge in [-0.1, -0.05) is 6.07 Å². The standard InChI is InChI=1S/C15H15N3O/c1-9-4-5-12-13(6-9)17-18(16-12)14-7-11(3)15(19)8-10(14)2/h4-8,19H,1-3H3. The third kappa shape index (κ3) is 1.95. The molecule has 0 spiro atoms. The maximum Gasteiger partial charge on any atom is 0.118 e. The normalized spacial score (nSPS) is 11.1. The summed E-state index contributed by atoms with van der Waals surface area (Å²) in [7, 11) is 0. The fraction of sp³-hybridized carbons (Fsp3) is 0.200. The Balaban J connectivity index is 2.21. The Morgan fingerprint density at radius 1 is 0.895 bits per heavy atom. The number of benzene rings is 2. The van der Waals surface area contributed by atoms with Gasteiger partial charge in [-0.15, -0.1) is 10.2 Å². The number of phenolic OH excluding ortho intramolecular Hbond substituents is 1. The molecule has 0 aliphatic rings. The van der Waals surface area contributed by atoms with Crippen LogP contribution in [0.1, 0.15) is 16.7 Å². The zero-order chi connectivity index (χ0) is 13.6. The molecular weight excluding hydrogens is 238 g/mol. The highest BCUT2D eigenvalue weighted by molar-refractivity contribution is 5.74. The van der Waals surface area contributed by atoms with Gasteiger partial charge in [0.25, 0.3) is 0 Å². The predicted octanol–water partition coefficient (Wildman–Crippen LogP) is 3.05. The summed E-state index contributed by atoms with van der Waals surface area (Å²) in [4.78, 5) is 1.63. The van der Waals surface area contributed by atoms with E-state index in [0.717, 1.165) is 33.4 Å². The number of phenols is 1. The first-order valence-electron chi connectivity index (χ1n) is 6.19. The summed E-state index contributed by atoms with van der Waals surface area (Å²) < 4.78 is 0. The number of hydrogen-bond acceptors (Lipinski definition) is 3. The van der Waals surface area contributed by atoms with E-state index in [1.54, 1.807) is 10.9 Å². The summed E-state index contributed by atoms with van der Waals surface area (Å²) in [5.74, 6) is 0.300. The lowest BCUT2D eigenvalue weighted by Gasteiger charge is -2.07. The third-order valence-corrected chi connectivity index (χ3v) is 3.27. The molecule has 0 bridgehead atoms. The molecule has 0 atom stereocenters. The van der Waals surface area contributed by atoms with Gasteiger partial charge in [0.2, 0.25) is 0 Å². The van der Waals surface area contributed by atoms with E-state index in [0.29, 0.717) is 5.75 Å². The topological polar surface area (TPSA) is 50.9 Å². The van der Waals surface area contributed by atoms with Crippen molar-refractivity contribution in [3.63, 3.8) is 0 Å². The first-order valence-corrected chi connectivity index (χ1v) is 6.19. The molecule has 96 valence electrons. The van der Waals surface area contributed by atoms with Crippen LogP contribution < -0.4 is 0 Å². The zero-order valence-corrected chi connectivity index (χ0v) is 11.2. The second kappa shape index (κ2) is 4.09. The minimum atomic E-state index is 0.300. The molecule has 3 rings (SSSR count). The molecule has 0 aliphatic heterocycles. The van der Waals surface area contributed by atoms with Crippen LogP contribution in [0.15, 0.2) is 30.3 Å². The highest BCUT2D eigenvalue weighted by Gasteiger charge is 2.09. The van der Waals surface area contributed by atoms with Crippen LogP contribution in [0.3, 0.4) is 0 Å². The van der Waals surface area contributed by atoms with Crippen LogP contribution in [0, 0.1) is 20.8 Å². The molecule has 0 radical (unpaired) electrons. The summed E-state index contributed by atoms with van der Waals surface area (Å²) in [5, 5.41) is 18.7. The summed E-state index contributed by atoms with van der Waals surface area (Å²) in [6.45, 7) is 5.84. The van der Waals surface area contributed by atoms with Gasteiger partial charge in [-0.05, 0) is 61.7 Å². The van der Waals surface area contributed by atoms with Crippen LogP contribution in [0.25, 0.3) is 16.7 Å². The van der Waals surface area contributed by atoms with Crippen LogP contribution in [-0.4, -0.2) is 20.1 Å². The number of fused-ring (bicyclic) bond motifs is 1. The summed E-state index contributed by atoms with van der Waals surface area (Å²) in [6.07, 6.45) is 0. The van der Waals surface area contributed by atoms with Crippen molar-refractivity contribution in [2.75, 3.05) is 0 Å². The molecule has 2 aromatic carbocycles. The van der Waals surface area contributed by atoms with Gasteiger partial charge in [-0.3, -0.25) is 0 Å². The van der Waals surface area contributed by atoms with Gasteiger partial charge in [0.05, 0.1) is 5.69 Å². The lowest BCUT2D eigenvalue weighted by molar-refractivity contribution is 0.470. The average Bonchev–Trinajstić information content (AvgIpc) is 2.76. The number of aromatic hydroxyl groups is 1. The lowest BCUT2D eigenvalue weighted by Crippen LogP contribution is -2.01. The molecule has 4 heteroatoms. The van der Waals surface area contributed by atoms with Crippen molar-refractivity contribution < 1.29 is 5.11 Å². The van der Waals surface area contributed by atoms with Gasteiger partial charge < -0.3 is 5.11 Å². The number of aromatic nitrogens is 3. The Hall–Kier alpha value is -2.36. The Morgan fingerprint density at radius 2 is 1.63 bits per heavy atom. The number of aryl methyl sites for hydroxylation is 3. The molecule has 0 aliphatic carbocycles. The molecule has 4 nitrogen and oxygen atoms in total. The van der Waals surface area contributed by atoms with Gasteiger partial charge in [-0.2, -0.15) is 4.80 Å². The van der Waals surface area contributed by atoms with Gasteiger partial charge >= 0.3 is 0 Å². The molecule has 1 aromatic heterocycles. The van der Waals surface area contributed by atoms with Crippen LogP contribution >= 0.6 is 0 Å². The Bertz CT molecular complexity index is 774. The summed E-state index contributed by atoms with van der Waals surface area (Å²) in [5.41, 5.74) is 5.57. The minimum absolute atomic E-state index is 0.300. The zero-order valence-electron chi connectivity index (χ0n) is 11.2. The Kier molecular flexibility index (Phi) is 2.52. The maximum atomic E-state index is 9.70. The molecule has 0 amide bonds. The second-order valence-corrected chi connectivity index (χ2v) is 4.91. The van der Waals surface area contributed by atoms with Crippen molar-refractivity contribution in [1.29, 1.82) is 0 Å². The molecule has 3 aromatic rings. The highest BCUT2D eigenvalue weighted by atomic mass is 16.3. The summed E-state index contributed by atoms with van der Waals surface area (Å²) in [6, 6.07) is 9.65. The van der Waals surface area contributed by atoms with E-state index >= 15 is 0 Å². The van der Waals surface area contributed by atoms with Gasteiger partial charge in [0, 0.05) is 0 Å². The molecule has 0 fully saturated rings. The molecular formula is C15H15N3O. The van der Waals surface area contributed by atoms with Crippen molar-refractivity contribution >= 4 is 11.0 Å². The largest absolute Gasteiger partial charge is 0.508 e. The van der Waals surface area contributed by atoms with E-state index < -0.39 is 0 Å². The van der Waals surface area contributed by atoms with E-state index in [4.69, 9.17) is 0 Å². The Morgan fingerprint density at radius 3 is 2.42 bits per heavy atom. The molecule has 0 unspecified atom stereocenters. The predicted molar refractivity (Wildman–Crippen MR) is 74.7 cm³/mol. The van der Waals surface area contributed by atoms with Gasteiger partial charge in [0.15, 0.2) is 0 Å². The van der Waals surface area contributed by atoms with E-state index in [9.17, 15) is 5.11 Å². The van der Waals surface area contributed by atoms with Gasteiger partial charge in [0.1, 0.15) is 16.8 Å². The maximum absolute atomic E-state index is 9.70. The van der Waals surface area contributed by atoms with E-state index in [-0.39, 0.29) is 0 Å². The molecule has 0 saturated heterocycles. The van der Waals surface area contributed by atoms with Crippen molar-refractivity contribution in [2.45, 2.75) is 20.8 Å². The molecule has 0 saturated carbocycles.